The van der Waals surface area contributed by atoms with Crippen molar-refractivity contribution in [2.45, 2.75) is 12.3 Å². The van der Waals surface area contributed by atoms with Gasteiger partial charge in [0.25, 0.3) is 5.92 Å². The average molecular weight is 342 g/mol. The number of amides is 1. The van der Waals surface area contributed by atoms with Crippen LogP contribution >= 0.6 is 0 Å². The Morgan fingerprint density at radius 3 is 2.67 bits per heavy atom. The van der Waals surface area contributed by atoms with Gasteiger partial charge in [-0.2, -0.15) is 0 Å². The maximum absolute atomic E-state index is 13.0. The van der Waals surface area contributed by atoms with Gasteiger partial charge in [-0.1, -0.05) is 0 Å². The Kier molecular flexibility index (Phi) is 3.45. The lowest BCUT2D eigenvalue weighted by atomic mass is 9.77. The van der Waals surface area contributed by atoms with Crippen LogP contribution in [0.1, 0.15) is 6.42 Å². The number of fused-ring (bicyclic) bond motifs is 1. The van der Waals surface area contributed by atoms with Crippen LogP contribution in [0.4, 0.5) is 19.1 Å². The Hall–Kier alpha value is -1.90. The van der Waals surface area contributed by atoms with Crippen LogP contribution in [-0.2, 0) is 9.53 Å². The highest BCUT2D eigenvalue weighted by atomic mass is 19.3. The molecule has 3 aliphatic rings. The third kappa shape index (κ3) is 2.60. The first-order valence-corrected chi connectivity index (χ1v) is 7.83. The minimum Gasteiger partial charge on any atom is -0.380 e. The molecule has 9 heteroatoms. The molecule has 0 N–H and O–H groups in total. The number of anilines is 1. The topological polar surface area (TPSA) is 58.6 Å². The fourth-order valence-corrected chi connectivity index (χ4v) is 3.80. The number of ether oxygens (including phenoxy) is 1. The first-order chi connectivity index (χ1) is 11.4. The van der Waals surface area contributed by atoms with Crippen molar-refractivity contribution in [2.75, 3.05) is 44.3 Å². The van der Waals surface area contributed by atoms with Crippen LogP contribution in [0.5, 0.6) is 0 Å². The zero-order valence-corrected chi connectivity index (χ0v) is 12.9. The molecule has 3 saturated heterocycles. The number of rotatable bonds is 3. The molecule has 0 radical (unpaired) electrons. The summed E-state index contributed by atoms with van der Waals surface area (Å²) in [4.78, 5) is 23.4. The summed E-state index contributed by atoms with van der Waals surface area (Å²) in [5, 5.41) is 0. The van der Waals surface area contributed by atoms with Gasteiger partial charge >= 0.3 is 0 Å². The maximum Gasteiger partial charge on any atom is 0.282 e. The highest BCUT2D eigenvalue weighted by Crippen LogP contribution is 2.45. The van der Waals surface area contributed by atoms with E-state index in [9.17, 15) is 18.0 Å². The summed E-state index contributed by atoms with van der Waals surface area (Å²) in [6.45, 7) is 1.03. The van der Waals surface area contributed by atoms with Gasteiger partial charge in [-0.15, -0.1) is 0 Å². The molecule has 2 atom stereocenters. The molecule has 1 aromatic rings. The lowest BCUT2D eigenvalue weighted by Gasteiger charge is -2.40. The molecule has 0 spiro atoms. The number of hydrogen-bond acceptors (Lipinski definition) is 5. The molecule has 130 valence electrons. The summed E-state index contributed by atoms with van der Waals surface area (Å²) >= 11 is 0. The van der Waals surface area contributed by atoms with E-state index >= 15 is 0 Å². The van der Waals surface area contributed by atoms with Crippen molar-refractivity contribution in [2.24, 2.45) is 11.3 Å². The standard InChI is InChI=1S/C15H17F3N4O2/c16-11-2-19-13(20-3-11)21-4-10-5-24-9-14(10,6-21)1-12(23)22-7-15(17,18)8-22/h2-3,10H,1,4-9H2/t10-,14+/m1/s1. The van der Waals surface area contributed by atoms with E-state index < -0.39 is 30.2 Å². The van der Waals surface area contributed by atoms with E-state index in [0.717, 1.165) is 12.4 Å². The summed E-state index contributed by atoms with van der Waals surface area (Å²) < 4.78 is 44.5. The van der Waals surface area contributed by atoms with Crippen molar-refractivity contribution in [3.8, 4) is 0 Å². The zero-order valence-electron chi connectivity index (χ0n) is 12.9. The molecular formula is C15H17F3N4O2. The average Bonchev–Trinajstić information content (AvgIpc) is 3.02. The van der Waals surface area contributed by atoms with E-state index in [-0.39, 0.29) is 18.2 Å². The molecule has 3 fully saturated rings. The van der Waals surface area contributed by atoms with E-state index in [2.05, 4.69) is 9.97 Å². The van der Waals surface area contributed by atoms with Crippen molar-refractivity contribution in [3.63, 3.8) is 0 Å². The van der Waals surface area contributed by atoms with Crippen LogP contribution < -0.4 is 4.90 Å². The minimum absolute atomic E-state index is 0.108. The number of likely N-dealkylation sites (tertiary alicyclic amines) is 1. The monoisotopic (exact) mass is 342 g/mol. The molecule has 1 amide bonds. The summed E-state index contributed by atoms with van der Waals surface area (Å²) in [5.74, 6) is -3.02. The van der Waals surface area contributed by atoms with Crippen molar-refractivity contribution >= 4 is 11.9 Å². The van der Waals surface area contributed by atoms with E-state index in [1.54, 1.807) is 0 Å². The van der Waals surface area contributed by atoms with Crippen molar-refractivity contribution in [1.29, 1.82) is 0 Å². The molecule has 4 rings (SSSR count). The molecule has 0 aliphatic carbocycles. The molecule has 0 aromatic carbocycles. The van der Waals surface area contributed by atoms with Crippen LogP contribution in [-0.4, -0.2) is 66.1 Å². The number of carbonyl (C=O) groups excluding carboxylic acids is 1. The van der Waals surface area contributed by atoms with Crippen LogP contribution in [0.15, 0.2) is 12.4 Å². The van der Waals surface area contributed by atoms with Crippen molar-refractivity contribution < 1.29 is 22.7 Å². The van der Waals surface area contributed by atoms with Gasteiger partial charge in [0.1, 0.15) is 0 Å². The fraction of sp³-hybridized carbons (Fsp3) is 0.667. The molecule has 3 aliphatic heterocycles. The molecule has 0 saturated carbocycles. The van der Waals surface area contributed by atoms with Gasteiger partial charge in [0.2, 0.25) is 11.9 Å². The Balaban J connectivity index is 1.47. The normalized spacial score (nSPS) is 31.0. The number of hydrogen-bond donors (Lipinski definition) is 0. The summed E-state index contributed by atoms with van der Waals surface area (Å²) in [7, 11) is 0. The lowest BCUT2D eigenvalue weighted by Crippen LogP contribution is -2.59. The van der Waals surface area contributed by atoms with Gasteiger partial charge in [0.15, 0.2) is 5.82 Å². The second-order valence-corrected chi connectivity index (χ2v) is 6.94. The quantitative estimate of drug-likeness (QED) is 0.818. The molecule has 1 aromatic heterocycles. The number of halogens is 3. The summed E-state index contributed by atoms with van der Waals surface area (Å²) in [5.41, 5.74) is -0.417. The fourth-order valence-electron chi connectivity index (χ4n) is 3.80. The molecule has 6 nitrogen and oxygen atoms in total. The predicted octanol–water partition coefficient (Wildman–Crippen LogP) is 0.936. The second kappa shape index (κ2) is 5.30. The Morgan fingerprint density at radius 2 is 2.00 bits per heavy atom. The van der Waals surface area contributed by atoms with Crippen LogP contribution in [0.2, 0.25) is 0 Å². The van der Waals surface area contributed by atoms with E-state index in [1.807, 2.05) is 4.90 Å². The Labute approximate surface area is 136 Å². The number of alkyl halides is 2. The van der Waals surface area contributed by atoms with Gasteiger partial charge in [0, 0.05) is 30.8 Å². The van der Waals surface area contributed by atoms with E-state index in [1.165, 1.54) is 4.90 Å². The van der Waals surface area contributed by atoms with Gasteiger partial charge in [-0.05, 0) is 0 Å². The molecular weight excluding hydrogens is 325 g/mol. The molecule has 0 bridgehead atoms. The first kappa shape index (κ1) is 15.6. The van der Waals surface area contributed by atoms with Crippen molar-refractivity contribution in [3.05, 3.63) is 18.2 Å². The highest BCUT2D eigenvalue weighted by Gasteiger charge is 2.54. The zero-order chi connectivity index (χ0) is 16.9. The first-order valence-electron chi connectivity index (χ1n) is 7.83. The second-order valence-electron chi connectivity index (χ2n) is 6.94. The molecule has 0 unspecified atom stereocenters. The minimum atomic E-state index is -2.76. The number of nitrogens with zero attached hydrogens (tertiary/aromatic N) is 4. The third-order valence-corrected chi connectivity index (χ3v) is 5.11. The van der Waals surface area contributed by atoms with Crippen LogP contribution in [0.3, 0.4) is 0 Å². The van der Waals surface area contributed by atoms with Crippen LogP contribution in [0.25, 0.3) is 0 Å². The maximum atomic E-state index is 13.0. The smallest absolute Gasteiger partial charge is 0.282 e. The van der Waals surface area contributed by atoms with Gasteiger partial charge in [0.05, 0.1) is 38.7 Å². The summed E-state index contributed by atoms with van der Waals surface area (Å²) in [6, 6.07) is 0. The lowest BCUT2D eigenvalue weighted by molar-refractivity contribution is -0.168. The van der Waals surface area contributed by atoms with Gasteiger partial charge < -0.3 is 14.5 Å². The van der Waals surface area contributed by atoms with E-state index in [0.29, 0.717) is 32.3 Å². The largest absolute Gasteiger partial charge is 0.380 e. The number of carbonyl (C=O) groups is 1. The Morgan fingerprint density at radius 1 is 1.29 bits per heavy atom. The third-order valence-electron chi connectivity index (χ3n) is 5.11. The van der Waals surface area contributed by atoms with E-state index in [4.69, 9.17) is 4.74 Å². The highest BCUT2D eigenvalue weighted by molar-refractivity contribution is 5.78. The molecule has 4 heterocycles. The number of aromatic nitrogens is 2. The Bertz CT molecular complexity index is 649. The SMILES string of the molecule is O=C(C[C@]12COC[C@H]1CN(c1ncc(F)cn1)C2)N1CC(F)(F)C1. The predicted molar refractivity (Wildman–Crippen MR) is 77.1 cm³/mol. The van der Waals surface area contributed by atoms with Crippen LogP contribution in [0, 0.1) is 17.2 Å². The van der Waals surface area contributed by atoms with Crippen molar-refractivity contribution in [1.82, 2.24) is 14.9 Å². The molecule has 24 heavy (non-hydrogen) atoms. The summed E-state index contributed by atoms with van der Waals surface area (Å²) in [6.07, 6.45) is 2.38. The van der Waals surface area contributed by atoms with Gasteiger partial charge in [-0.25, -0.2) is 23.1 Å². The van der Waals surface area contributed by atoms with Gasteiger partial charge in [-0.3, -0.25) is 4.79 Å².